The molecule has 0 spiro atoms. The highest BCUT2D eigenvalue weighted by molar-refractivity contribution is 6.35. The fraction of sp³-hybridized carbons (Fsp3) is 0.308. The van der Waals surface area contributed by atoms with Gasteiger partial charge in [-0.15, -0.1) is 0 Å². The fourth-order valence-corrected chi connectivity index (χ4v) is 1.47. The number of phenols is 1. The molecule has 1 aromatic carbocycles. The number of carbonyl (C=O) groups is 2. The number of nitrogens with zero attached hydrogens (tertiary/aromatic N) is 1. The maximum Gasteiger partial charge on any atom is 0.329 e. The molecule has 2 rings (SSSR count). The summed E-state index contributed by atoms with van der Waals surface area (Å²) in [4.78, 5) is 22.7. The Morgan fingerprint density at radius 3 is 2.80 bits per heavy atom. The van der Waals surface area contributed by atoms with E-state index in [0.717, 1.165) is 12.8 Å². The molecule has 1 fully saturated rings. The molecular weight excluding hydrogens is 262 g/mol. The molecule has 1 aliphatic carbocycles. The van der Waals surface area contributed by atoms with Gasteiger partial charge < -0.3 is 15.2 Å². The molecule has 0 atom stereocenters. The van der Waals surface area contributed by atoms with Crippen molar-refractivity contribution < 1.29 is 19.4 Å². The first-order valence-corrected chi connectivity index (χ1v) is 6.11. The second kappa shape index (κ2) is 6.05. The first-order valence-electron chi connectivity index (χ1n) is 6.11. The van der Waals surface area contributed by atoms with Crippen LogP contribution in [0, 0.1) is 0 Å². The van der Waals surface area contributed by atoms with Crippen molar-refractivity contribution >= 4 is 18.0 Å². The summed E-state index contributed by atoms with van der Waals surface area (Å²) < 4.78 is 4.94. The van der Waals surface area contributed by atoms with E-state index >= 15 is 0 Å². The fourth-order valence-electron chi connectivity index (χ4n) is 1.47. The molecule has 7 nitrogen and oxygen atoms in total. The van der Waals surface area contributed by atoms with E-state index < -0.39 is 11.8 Å². The van der Waals surface area contributed by atoms with Crippen LogP contribution in [0.4, 0.5) is 0 Å². The SMILES string of the molecule is COc1cc(C=NNC(=O)C(=O)NC2CC2)ccc1O. The first-order chi connectivity index (χ1) is 9.60. The topological polar surface area (TPSA) is 100 Å². The van der Waals surface area contributed by atoms with Gasteiger partial charge in [0.1, 0.15) is 0 Å². The molecule has 0 saturated heterocycles. The van der Waals surface area contributed by atoms with E-state index in [0.29, 0.717) is 11.3 Å². The van der Waals surface area contributed by atoms with Gasteiger partial charge in [-0.2, -0.15) is 5.10 Å². The summed E-state index contributed by atoms with van der Waals surface area (Å²) in [6, 6.07) is 4.72. The van der Waals surface area contributed by atoms with Crippen LogP contribution in [-0.2, 0) is 9.59 Å². The molecule has 0 radical (unpaired) electrons. The molecule has 0 heterocycles. The van der Waals surface area contributed by atoms with E-state index in [1.54, 1.807) is 12.1 Å². The molecule has 0 unspecified atom stereocenters. The Kier molecular flexibility index (Phi) is 4.19. The summed E-state index contributed by atoms with van der Waals surface area (Å²) in [7, 11) is 1.43. The number of rotatable bonds is 4. The third-order valence-corrected chi connectivity index (χ3v) is 2.70. The van der Waals surface area contributed by atoms with E-state index in [2.05, 4.69) is 15.8 Å². The normalized spacial score (nSPS) is 14.1. The number of benzene rings is 1. The molecule has 106 valence electrons. The Balaban J connectivity index is 1.88. The molecule has 0 aromatic heterocycles. The standard InChI is InChI=1S/C13H15N3O4/c1-20-11-6-8(2-5-10(11)17)7-14-16-13(19)12(18)15-9-3-4-9/h2,5-7,9,17H,3-4H2,1H3,(H,15,18)(H,16,19). The van der Waals surface area contributed by atoms with Gasteiger partial charge in [0, 0.05) is 6.04 Å². The number of phenolic OH excluding ortho intramolecular Hbond substituents is 1. The van der Waals surface area contributed by atoms with Gasteiger partial charge in [0.25, 0.3) is 0 Å². The molecule has 2 amide bonds. The zero-order valence-corrected chi connectivity index (χ0v) is 10.9. The highest BCUT2D eigenvalue weighted by atomic mass is 16.5. The number of amides is 2. The Morgan fingerprint density at radius 2 is 2.15 bits per heavy atom. The smallest absolute Gasteiger partial charge is 0.329 e. The van der Waals surface area contributed by atoms with Crippen LogP contribution in [0.3, 0.4) is 0 Å². The number of methoxy groups -OCH3 is 1. The maximum atomic E-state index is 11.4. The van der Waals surface area contributed by atoms with Gasteiger partial charge >= 0.3 is 11.8 Å². The number of hydrazone groups is 1. The van der Waals surface area contributed by atoms with Crippen LogP contribution in [0.1, 0.15) is 18.4 Å². The molecule has 0 bridgehead atoms. The quantitative estimate of drug-likeness (QED) is 0.414. The van der Waals surface area contributed by atoms with Gasteiger partial charge in [0.15, 0.2) is 11.5 Å². The molecule has 1 saturated carbocycles. The van der Waals surface area contributed by atoms with Crippen LogP contribution < -0.4 is 15.5 Å². The predicted octanol–water partition coefficient (Wildman–Crippen LogP) is 0.129. The number of aromatic hydroxyl groups is 1. The van der Waals surface area contributed by atoms with Gasteiger partial charge in [-0.25, -0.2) is 5.43 Å². The average molecular weight is 277 g/mol. The van der Waals surface area contributed by atoms with E-state index in [1.165, 1.54) is 19.4 Å². The van der Waals surface area contributed by atoms with Crippen molar-refractivity contribution in [1.29, 1.82) is 0 Å². The summed E-state index contributed by atoms with van der Waals surface area (Å²) in [5, 5.41) is 15.6. The van der Waals surface area contributed by atoms with Gasteiger partial charge in [0.05, 0.1) is 13.3 Å². The van der Waals surface area contributed by atoms with E-state index in [-0.39, 0.29) is 11.8 Å². The minimum atomic E-state index is -0.807. The van der Waals surface area contributed by atoms with Crippen LogP contribution >= 0.6 is 0 Å². The van der Waals surface area contributed by atoms with Gasteiger partial charge in [-0.05, 0) is 36.6 Å². The Morgan fingerprint density at radius 1 is 1.40 bits per heavy atom. The van der Waals surface area contributed by atoms with Crippen molar-refractivity contribution in [3.05, 3.63) is 23.8 Å². The lowest BCUT2D eigenvalue weighted by Crippen LogP contribution is -2.38. The number of nitrogens with one attached hydrogen (secondary N) is 2. The van der Waals surface area contributed by atoms with Crippen molar-refractivity contribution in [3.63, 3.8) is 0 Å². The van der Waals surface area contributed by atoms with Crippen LogP contribution in [0.2, 0.25) is 0 Å². The van der Waals surface area contributed by atoms with Crippen molar-refractivity contribution in [2.45, 2.75) is 18.9 Å². The summed E-state index contributed by atoms with van der Waals surface area (Å²) in [6.07, 6.45) is 3.18. The summed E-state index contributed by atoms with van der Waals surface area (Å²) in [5.74, 6) is -1.18. The number of hydrogen-bond donors (Lipinski definition) is 3. The molecule has 7 heteroatoms. The first kappa shape index (κ1) is 13.9. The van der Waals surface area contributed by atoms with Crippen LogP contribution in [0.25, 0.3) is 0 Å². The van der Waals surface area contributed by atoms with Crippen molar-refractivity contribution in [3.8, 4) is 11.5 Å². The third-order valence-electron chi connectivity index (χ3n) is 2.70. The summed E-state index contributed by atoms with van der Waals surface area (Å²) in [6.45, 7) is 0. The number of carbonyl (C=O) groups excluding carboxylic acids is 2. The Labute approximate surface area is 115 Å². The minimum absolute atomic E-state index is 0.0116. The molecular formula is C13H15N3O4. The monoisotopic (exact) mass is 277 g/mol. The molecule has 3 N–H and O–H groups in total. The second-order valence-corrected chi connectivity index (χ2v) is 4.38. The third kappa shape index (κ3) is 3.71. The minimum Gasteiger partial charge on any atom is -0.504 e. The Hall–Kier alpha value is -2.57. The molecule has 20 heavy (non-hydrogen) atoms. The largest absolute Gasteiger partial charge is 0.504 e. The lowest BCUT2D eigenvalue weighted by Gasteiger charge is -2.03. The summed E-state index contributed by atoms with van der Waals surface area (Å²) >= 11 is 0. The number of hydrogen-bond acceptors (Lipinski definition) is 5. The molecule has 1 aromatic rings. The van der Waals surface area contributed by atoms with E-state index in [1.807, 2.05) is 0 Å². The lowest BCUT2D eigenvalue weighted by molar-refractivity contribution is -0.139. The van der Waals surface area contributed by atoms with Crippen LogP contribution in [0.15, 0.2) is 23.3 Å². The average Bonchev–Trinajstić information content (AvgIpc) is 3.24. The van der Waals surface area contributed by atoms with Crippen LogP contribution in [0.5, 0.6) is 11.5 Å². The van der Waals surface area contributed by atoms with Gasteiger partial charge in [-0.1, -0.05) is 0 Å². The van der Waals surface area contributed by atoms with Crippen molar-refractivity contribution in [1.82, 2.24) is 10.7 Å². The highest BCUT2D eigenvalue weighted by Crippen LogP contribution is 2.25. The van der Waals surface area contributed by atoms with E-state index in [4.69, 9.17) is 4.74 Å². The van der Waals surface area contributed by atoms with E-state index in [9.17, 15) is 14.7 Å². The highest BCUT2D eigenvalue weighted by Gasteiger charge is 2.26. The van der Waals surface area contributed by atoms with Gasteiger partial charge in [0.2, 0.25) is 0 Å². The summed E-state index contributed by atoms with van der Waals surface area (Å²) in [5.41, 5.74) is 2.74. The molecule has 1 aliphatic rings. The lowest BCUT2D eigenvalue weighted by atomic mass is 10.2. The Bertz CT molecular complexity index is 553. The molecule has 0 aliphatic heterocycles. The van der Waals surface area contributed by atoms with Crippen LogP contribution in [-0.4, -0.2) is 36.3 Å². The maximum absolute atomic E-state index is 11.4. The number of ether oxygens (including phenoxy) is 1. The van der Waals surface area contributed by atoms with Gasteiger partial charge in [-0.3, -0.25) is 9.59 Å². The predicted molar refractivity (Wildman–Crippen MR) is 71.6 cm³/mol. The zero-order chi connectivity index (χ0) is 14.5. The van der Waals surface area contributed by atoms with Crippen molar-refractivity contribution in [2.75, 3.05) is 7.11 Å². The second-order valence-electron chi connectivity index (χ2n) is 4.38. The van der Waals surface area contributed by atoms with Crippen molar-refractivity contribution in [2.24, 2.45) is 5.10 Å². The zero-order valence-electron chi connectivity index (χ0n) is 10.9.